The molecule has 0 aliphatic heterocycles. The molecule has 0 aromatic heterocycles. The van der Waals surface area contributed by atoms with Crippen LogP contribution in [-0.2, 0) is 9.53 Å². The summed E-state index contributed by atoms with van der Waals surface area (Å²) >= 11 is 3.30. The minimum Gasteiger partial charge on any atom is -0.469 e. The van der Waals surface area contributed by atoms with E-state index in [1.165, 1.54) is 7.11 Å². The molecule has 0 fully saturated rings. The van der Waals surface area contributed by atoms with Gasteiger partial charge in [0.25, 0.3) is 0 Å². The van der Waals surface area contributed by atoms with E-state index >= 15 is 0 Å². The lowest BCUT2D eigenvalue weighted by molar-refractivity contribution is -0.142. The highest BCUT2D eigenvalue weighted by Crippen LogP contribution is 2.28. The summed E-state index contributed by atoms with van der Waals surface area (Å²) in [4.78, 5) is 22.0. The molecule has 1 atom stereocenters. The molecule has 0 saturated heterocycles. The van der Waals surface area contributed by atoms with Crippen LogP contribution in [0, 0.1) is 5.41 Å². The molecule has 0 heterocycles. The van der Waals surface area contributed by atoms with Gasteiger partial charge in [0.1, 0.15) is 0 Å². The molecule has 0 radical (unpaired) electrons. The van der Waals surface area contributed by atoms with E-state index in [4.69, 9.17) is 0 Å². The largest absolute Gasteiger partial charge is 0.469 e. The lowest BCUT2D eigenvalue weighted by Crippen LogP contribution is -2.11. The quantitative estimate of drug-likeness (QED) is 0.595. The van der Waals surface area contributed by atoms with Gasteiger partial charge in [0.2, 0.25) is 0 Å². The summed E-state index contributed by atoms with van der Waals surface area (Å²) in [5, 5.41) is 0. The van der Waals surface area contributed by atoms with Crippen molar-refractivity contribution in [3.63, 3.8) is 0 Å². The van der Waals surface area contributed by atoms with Gasteiger partial charge in [-0.1, -0.05) is 45.9 Å². The van der Waals surface area contributed by atoms with E-state index in [2.05, 4.69) is 48.4 Å². The van der Waals surface area contributed by atoms with Crippen LogP contribution in [-0.4, -0.2) is 19.4 Å². The number of hydrogen-bond acceptors (Lipinski definition) is 3. The van der Waals surface area contributed by atoms with Gasteiger partial charge < -0.3 is 4.74 Å². The zero-order chi connectivity index (χ0) is 15.9. The number of benzene rings is 1. The first kappa shape index (κ1) is 18.8. The molecule has 0 amide bonds. The smallest absolute Gasteiger partial charge is 0.312 e. The Morgan fingerprint density at radius 2 is 1.80 bits per heavy atom. The number of carbonyl (C=O) groups excluding carboxylic acids is 2. The van der Waals surface area contributed by atoms with Crippen molar-refractivity contribution in [2.45, 2.75) is 40.5 Å². The Labute approximate surface area is 129 Å². The maximum Gasteiger partial charge on any atom is 0.312 e. The van der Waals surface area contributed by atoms with Gasteiger partial charge in [-0.15, -0.1) is 0 Å². The molecule has 0 spiro atoms. The fourth-order valence-electron chi connectivity index (χ4n) is 1.30. The SMILES string of the molecule is CC(C)(C)C.COC(=O)C(C)c1cccc(C=O)c1Br. The van der Waals surface area contributed by atoms with Gasteiger partial charge >= 0.3 is 5.97 Å². The highest BCUT2D eigenvalue weighted by atomic mass is 79.9. The summed E-state index contributed by atoms with van der Waals surface area (Å²) in [7, 11) is 1.34. The number of aldehydes is 1. The van der Waals surface area contributed by atoms with Crippen LogP contribution in [0.2, 0.25) is 0 Å². The highest BCUT2D eigenvalue weighted by Gasteiger charge is 2.19. The molecule has 1 aromatic rings. The van der Waals surface area contributed by atoms with Crippen molar-refractivity contribution in [3.05, 3.63) is 33.8 Å². The molecular weight excluding hydrogens is 320 g/mol. The van der Waals surface area contributed by atoms with E-state index in [9.17, 15) is 9.59 Å². The third kappa shape index (κ3) is 6.85. The first-order valence-corrected chi connectivity index (χ1v) is 7.22. The standard InChI is InChI=1S/C11H11BrO3.C5H12/c1-7(11(14)15-2)9-5-3-4-8(6-13)10(9)12;1-5(2,3)4/h3-7H,1-2H3;1-4H3. The molecule has 112 valence electrons. The van der Waals surface area contributed by atoms with Gasteiger partial charge in [-0.05, 0) is 33.8 Å². The Balaban J connectivity index is 0.000000621. The fourth-order valence-corrected chi connectivity index (χ4v) is 2.00. The maximum atomic E-state index is 11.3. The van der Waals surface area contributed by atoms with Crippen molar-refractivity contribution < 1.29 is 14.3 Å². The maximum absolute atomic E-state index is 11.3. The second kappa shape index (κ2) is 8.20. The Morgan fingerprint density at radius 3 is 2.20 bits per heavy atom. The monoisotopic (exact) mass is 342 g/mol. The predicted octanol–water partition coefficient (Wildman–Crippen LogP) is 4.59. The molecule has 0 aliphatic carbocycles. The van der Waals surface area contributed by atoms with Crippen LogP contribution in [0.25, 0.3) is 0 Å². The lowest BCUT2D eigenvalue weighted by atomic mass is 9.99. The van der Waals surface area contributed by atoms with Crippen molar-refractivity contribution in [1.82, 2.24) is 0 Å². The van der Waals surface area contributed by atoms with Crippen molar-refractivity contribution in [1.29, 1.82) is 0 Å². The Kier molecular flexibility index (Phi) is 7.72. The first-order valence-electron chi connectivity index (χ1n) is 6.43. The van der Waals surface area contributed by atoms with Gasteiger partial charge in [0, 0.05) is 10.0 Å². The van der Waals surface area contributed by atoms with Crippen molar-refractivity contribution in [2.75, 3.05) is 7.11 Å². The van der Waals surface area contributed by atoms with Crippen molar-refractivity contribution in [2.24, 2.45) is 5.41 Å². The Bertz CT molecular complexity index is 455. The van der Waals surface area contributed by atoms with Gasteiger partial charge in [-0.3, -0.25) is 9.59 Å². The third-order valence-corrected chi connectivity index (χ3v) is 3.12. The number of hydrogen-bond donors (Lipinski definition) is 0. The topological polar surface area (TPSA) is 43.4 Å². The van der Waals surface area contributed by atoms with Crippen molar-refractivity contribution >= 4 is 28.2 Å². The minimum absolute atomic E-state index is 0.321. The Hall–Kier alpha value is -1.16. The van der Waals surface area contributed by atoms with Crippen LogP contribution in [0.1, 0.15) is 56.5 Å². The average Bonchev–Trinajstić information content (AvgIpc) is 2.35. The summed E-state index contributed by atoms with van der Waals surface area (Å²) in [6, 6.07) is 5.21. The minimum atomic E-state index is -0.385. The average molecular weight is 343 g/mol. The summed E-state index contributed by atoms with van der Waals surface area (Å²) in [5.74, 6) is -0.706. The lowest BCUT2D eigenvalue weighted by Gasteiger charge is -2.12. The van der Waals surface area contributed by atoms with E-state index in [0.29, 0.717) is 15.5 Å². The number of carbonyl (C=O) groups is 2. The number of halogens is 1. The van der Waals surface area contributed by atoms with Crippen LogP contribution in [0.5, 0.6) is 0 Å². The van der Waals surface area contributed by atoms with Gasteiger partial charge in [-0.25, -0.2) is 0 Å². The van der Waals surface area contributed by atoms with Crippen molar-refractivity contribution in [3.8, 4) is 0 Å². The molecule has 0 bridgehead atoms. The molecular formula is C16H23BrO3. The van der Waals surface area contributed by atoms with Crippen LogP contribution in [0.4, 0.5) is 0 Å². The van der Waals surface area contributed by atoms with E-state index < -0.39 is 0 Å². The van der Waals surface area contributed by atoms with E-state index in [-0.39, 0.29) is 11.9 Å². The van der Waals surface area contributed by atoms with Crippen LogP contribution in [0.3, 0.4) is 0 Å². The number of methoxy groups -OCH3 is 1. The molecule has 0 N–H and O–H groups in total. The molecule has 0 aliphatic rings. The van der Waals surface area contributed by atoms with E-state index in [1.54, 1.807) is 25.1 Å². The second-order valence-corrected chi connectivity index (χ2v) is 6.91. The normalized spacial score (nSPS) is 11.9. The van der Waals surface area contributed by atoms with Gasteiger partial charge in [0.05, 0.1) is 13.0 Å². The zero-order valence-electron chi connectivity index (χ0n) is 13.0. The van der Waals surface area contributed by atoms with Gasteiger partial charge in [0.15, 0.2) is 6.29 Å². The van der Waals surface area contributed by atoms with Crippen LogP contribution >= 0.6 is 15.9 Å². The van der Waals surface area contributed by atoms with Crippen LogP contribution < -0.4 is 0 Å². The number of rotatable bonds is 3. The molecule has 0 saturated carbocycles. The van der Waals surface area contributed by atoms with Crippen LogP contribution in [0.15, 0.2) is 22.7 Å². The summed E-state index contributed by atoms with van der Waals surface area (Å²) in [6.45, 7) is 10.5. The third-order valence-electron chi connectivity index (χ3n) is 2.21. The second-order valence-electron chi connectivity index (χ2n) is 6.11. The predicted molar refractivity (Wildman–Crippen MR) is 85.1 cm³/mol. The Morgan fingerprint density at radius 1 is 1.30 bits per heavy atom. The molecule has 3 nitrogen and oxygen atoms in total. The van der Waals surface area contributed by atoms with Gasteiger partial charge in [-0.2, -0.15) is 0 Å². The molecule has 4 heteroatoms. The van der Waals surface area contributed by atoms with E-state index in [0.717, 1.165) is 11.8 Å². The first-order chi connectivity index (χ1) is 9.11. The number of ether oxygens (including phenoxy) is 1. The van der Waals surface area contributed by atoms with E-state index in [1.807, 2.05) is 0 Å². The number of esters is 1. The summed E-state index contributed by atoms with van der Waals surface area (Å²) < 4.78 is 5.30. The summed E-state index contributed by atoms with van der Waals surface area (Å²) in [6.07, 6.45) is 0.748. The molecule has 20 heavy (non-hydrogen) atoms. The fraction of sp³-hybridized carbons (Fsp3) is 0.500. The molecule has 1 rings (SSSR count). The molecule has 1 unspecified atom stereocenters. The zero-order valence-corrected chi connectivity index (χ0v) is 14.6. The highest BCUT2D eigenvalue weighted by molar-refractivity contribution is 9.10. The molecule has 1 aromatic carbocycles. The summed E-state index contributed by atoms with van der Waals surface area (Å²) in [5.41, 5.74) is 1.79.